The number of nitrogens with one attached hydrogen (secondary N) is 2. The number of carbonyl (C=O) groups excluding carboxylic acids is 2. The van der Waals surface area contributed by atoms with Crippen LogP contribution in [-0.4, -0.2) is 25.4 Å². The molecule has 0 saturated heterocycles. The van der Waals surface area contributed by atoms with Crippen LogP contribution in [0.2, 0.25) is 0 Å². The van der Waals surface area contributed by atoms with Crippen molar-refractivity contribution in [2.24, 2.45) is 5.73 Å². The topological polar surface area (TPSA) is 76.6 Å². The summed E-state index contributed by atoms with van der Waals surface area (Å²) >= 11 is 3.17. The minimum Gasteiger partial charge on any atom is -0.365 e. The van der Waals surface area contributed by atoms with Crippen molar-refractivity contribution >= 4 is 39.5 Å². The van der Waals surface area contributed by atoms with E-state index in [4.69, 9.17) is 5.73 Å². The fourth-order valence-corrected chi connectivity index (χ4v) is 5.14. The van der Waals surface area contributed by atoms with Gasteiger partial charge in [0.15, 0.2) is 6.54 Å². The summed E-state index contributed by atoms with van der Waals surface area (Å²) in [5.41, 5.74) is 8.37. The molecule has 2 aromatic heterocycles. The Bertz CT molecular complexity index is 737. The third-order valence-electron chi connectivity index (χ3n) is 4.22. The molecule has 1 unspecified atom stereocenters. The molecule has 4 N–H and O–H groups in total. The molecule has 24 heavy (non-hydrogen) atoms. The van der Waals surface area contributed by atoms with Gasteiger partial charge in [-0.25, -0.2) is 0 Å². The molecule has 0 radical (unpaired) electrons. The molecule has 128 valence electrons. The van der Waals surface area contributed by atoms with E-state index in [1.54, 1.807) is 11.3 Å². The van der Waals surface area contributed by atoms with E-state index in [9.17, 15) is 9.59 Å². The van der Waals surface area contributed by atoms with Crippen LogP contribution in [0.4, 0.5) is 5.00 Å². The first-order chi connectivity index (χ1) is 11.5. The molecule has 1 aliphatic rings. The summed E-state index contributed by atoms with van der Waals surface area (Å²) < 4.78 is 0. The van der Waals surface area contributed by atoms with Crippen molar-refractivity contribution in [3.8, 4) is 0 Å². The minimum atomic E-state index is -0.441. The zero-order chi connectivity index (χ0) is 17.1. The number of fused-ring (bicyclic) bond motifs is 1. The van der Waals surface area contributed by atoms with Gasteiger partial charge in [0, 0.05) is 10.4 Å². The van der Waals surface area contributed by atoms with Crippen LogP contribution in [-0.2, 0) is 24.2 Å². The van der Waals surface area contributed by atoms with E-state index in [1.807, 2.05) is 12.4 Å². The smallest absolute Gasteiger partial charge is 0.280 e. The molecule has 0 saturated carbocycles. The third-order valence-corrected chi connectivity index (χ3v) is 6.16. The van der Waals surface area contributed by atoms with E-state index >= 15 is 0 Å². The number of hydrogen-bond donors (Lipinski definition) is 3. The maximum absolute atomic E-state index is 12.4. The molecule has 0 aromatic carbocycles. The molecule has 1 aliphatic carbocycles. The molecule has 5 nitrogen and oxygen atoms in total. The van der Waals surface area contributed by atoms with E-state index in [0.717, 1.165) is 42.7 Å². The van der Waals surface area contributed by atoms with Crippen LogP contribution < -0.4 is 16.0 Å². The van der Waals surface area contributed by atoms with Gasteiger partial charge in [0.25, 0.3) is 11.8 Å². The van der Waals surface area contributed by atoms with Crippen LogP contribution >= 0.6 is 22.7 Å². The van der Waals surface area contributed by atoms with E-state index in [-0.39, 0.29) is 5.91 Å². The third kappa shape index (κ3) is 3.85. The zero-order valence-corrected chi connectivity index (χ0v) is 15.3. The van der Waals surface area contributed by atoms with Crippen LogP contribution in [0, 0.1) is 0 Å². The van der Waals surface area contributed by atoms with Crippen molar-refractivity contribution in [1.82, 2.24) is 0 Å². The fraction of sp³-hybridized carbons (Fsp3) is 0.412. The zero-order valence-electron chi connectivity index (χ0n) is 13.7. The summed E-state index contributed by atoms with van der Waals surface area (Å²) in [7, 11) is 1.99. The van der Waals surface area contributed by atoms with Gasteiger partial charge < -0.3 is 16.0 Å². The molecule has 1 atom stereocenters. The predicted molar refractivity (Wildman–Crippen MR) is 97.9 cm³/mol. The van der Waals surface area contributed by atoms with Crippen LogP contribution in [0.5, 0.6) is 0 Å². The molecule has 7 heteroatoms. The molecular weight excluding hydrogens is 342 g/mol. The number of aryl methyl sites for hydroxylation is 1. The van der Waals surface area contributed by atoms with E-state index in [1.165, 1.54) is 21.8 Å². The second-order valence-corrected chi connectivity index (χ2v) is 8.15. The standard InChI is InChI=1S/C17H21N3O2S2/c1-20(8-11-6-7-23-10-11)9-14(21)19-17-15(16(18)22)12-4-2-3-5-13(12)24-17/h6-7,10H,2-5,8-9H2,1H3,(H2,18,22)(H,19,21)/p+1. The number of likely N-dealkylation sites (N-methyl/N-ethyl adjacent to an activating group) is 1. The van der Waals surface area contributed by atoms with Gasteiger partial charge in [0.1, 0.15) is 11.5 Å². The number of hydrogen-bond acceptors (Lipinski definition) is 4. The molecule has 0 aliphatic heterocycles. The lowest BCUT2D eigenvalue weighted by molar-refractivity contribution is -0.885. The van der Waals surface area contributed by atoms with Crippen molar-refractivity contribution in [3.05, 3.63) is 38.4 Å². The lowest BCUT2D eigenvalue weighted by atomic mass is 9.95. The Hall–Kier alpha value is -1.70. The molecule has 2 amide bonds. The highest BCUT2D eigenvalue weighted by Gasteiger charge is 2.25. The number of quaternary nitrogens is 1. The van der Waals surface area contributed by atoms with Gasteiger partial charge >= 0.3 is 0 Å². The number of nitrogens with two attached hydrogens (primary N) is 1. The second kappa shape index (κ2) is 7.46. The highest BCUT2D eigenvalue weighted by molar-refractivity contribution is 7.17. The van der Waals surface area contributed by atoms with Crippen molar-refractivity contribution in [2.45, 2.75) is 32.2 Å². The van der Waals surface area contributed by atoms with Crippen molar-refractivity contribution in [2.75, 3.05) is 18.9 Å². The van der Waals surface area contributed by atoms with Crippen LogP contribution in [0.15, 0.2) is 16.8 Å². The van der Waals surface area contributed by atoms with Crippen molar-refractivity contribution in [1.29, 1.82) is 0 Å². The lowest BCUT2D eigenvalue weighted by Gasteiger charge is -2.13. The molecular formula is C17H22N3O2S2+. The minimum absolute atomic E-state index is 0.0798. The summed E-state index contributed by atoms with van der Waals surface area (Å²) in [4.78, 5) is 26.5. The van der Waals surface area contributed by atoms with Crippen molar-refractivity contribution < 1.29 is 14.5 Å². The van der Waals surface area contributed by atoms with Gasteiger partial charge in [0.05, 0.1) is 12.6 Å². The second-order valence-electron chi connectivity index (χ2n) is 6.27. The Morgan fingerprint density at radius 2 is 2.12 bits per heavy atom. The van der Waals surface area contributed by atoms with Gasteiger partial charge in [-0.3, -0.25) is 9.59 Å². The Labute approximate surface area is 149 Å². The average Bonchev–Trinajstić information content (AvgIpc) is 3.13. The number of primary amides is 1. The quantitative estimate of drug-likeness (QED) is 0.725. The largest absolute Gasteiger partial charge is 0.365 e. The molecule has 2 aromatic rings. The Morgan fingerprint density at radius 3 is 2.83 bits per heavy atom. The average molecular weight is 365 g/mol. The monoisotopic (exact) mass is 364 g/mol. The van der Waals surface area contributed by atoms with E-state index < -0.39 is 5.91 Å². The summed E-state index contributed by atoms with van der Waals surface area (Å²) in [6.07, 6.45) is 4.06. The maximum atomic E-state index is 12.4. The Kier molecular flexibility index (Phi) is 5.33. The summed E-state index contributed by atoms with van der Waals surface area (Å²) in [5.74, 6) is -0.521. The van der Waals surface area contributed by atoms with Gasteiger partial charge in [-0.2, -0.15) is 11.3 Å². The number of anilines is 1. The predicted octanol–water partition coefficient (Wildman–Crippen LogP) is 1.44. The first-order valence-electron chi connectivity index (χ1n) is 8.11. The number of thiophene rings is 2. The number of amides is 2. The van der Waals surface area contributed by atoms with Crippen LogP contribution in [0.25, 0.3) is 0 Å². The molecule has 0 spiro atoms. The lowest BCUT2D eigenvalue weighted by Crippen LogP contribution is -3.08. The first-order valence-corrected chi connectivity index (χ1v) is 9.87. The van der Waals surface area contributed by atoms with E-state index in [2.05, 4.69) is 16.8 Å². The number of carbonyl (C=O) groups is 2. The molecule has 0 fully saturated rings. The van der Waals surface area contributed by atoms with Crippen LogP contribution in [0.3, 0.4) is 0 Å². The summed E-state index contributed by atoms with van der Waals surface area (Å²) in [6, 6.07) is 2.07. The van der Waals surface area contributed by atoms with Gasteiger partial charge in [-0.15, -0.1) is 11.3 Å². The van der Waals surface area contributed by atoms with Gasteiger partial charge in [-0.05, 0) is 48.1 Å². The number of rotatable bonds is 6. The molecule has 0 bridgehead atoms. The van der Waals surface area contributed by atoms with Crippen LogP contribution in [0.1, 0.15) is 39.2 Å². The summed E-state index contributed by atoms with van der Waals surface area (Å²) in [6.45, 7) is 1.16. The molecule has 3 rings (SSSR count). The highest BCUT2D eigenvalue weighted by Crippen LogP contribution is 2.37. The molecule has 2 heterocycles. The Morgan fingerprint density at radius 1 is 1.33 bits per heavy atom. The maximum Gasteiger partial charge on any atom is 0.280 e. The fourth-order valence-electron chi connectivity index (χ4n) is 3.16. The Balaban J connectivity index is 1.68. The first kappa shape index (κ1) is 17.1. The SMILES string of the molecule is C[NH+](CC(=O)Nc1sc2c(c1C(N)=O)CCCC2)Cc1ccsc1. The summed E-state index contributed by atoms with van der Waals surface area (Å²) in [5, 5.41) is 7.68. The highest BCUT2D eigenvalue weighted by atomic mass is 32.1. The van der Waals surface area contributed by atoms with Gasteiger partial charge in [-0.1, -0.05) is 0 Å². The van der Waals surface area contributed by atoms with Gasteiger partial charge in [0.2, 0.25) is 0 Å². The van der Waals surface area contributed by atoms with E-state index in [0.29, 0.717) is 17.1 Å². The normalized spacial score (nSPS) is 14.9. The van der Waals surface area contributed by atoms with Crippen molar-refractivity contribution in [3.63, 3.8) is 0 Å².